The summed E-state index contributed by atoms with van der Waals surface area (Å²) in [6.45, 7) is 2.43. The van der Waals surface area contributed by atoms with Gasteiger partial charge in [-0.05, 0) is 31.2 Å². The quantitative estimate of drug-likeness (QED) is 0.492. The normalized spacial score (nSPS) is 10.5. The Labute approximate surface area is 173 Å². The lowest BCUT2D eigenvalue weighted by atomic mass is 10.1. The summed E-state index contributed by atoms with van der Waals surface area (Å²) in [4.78, 5) is 28.4. The number of hydrogen-bond donors (Lipinski definition) is 3. The van der Waals surface area contributed by atoms with Crippen LogP contribution in [0.5, 0.6) is 0 Å². The first-order valence-electron chi connectivity index (χ1n) is 9.07. The molecule has 29 heavy (non-hydrogen) atoms. The van der Waals surface area contributed by atoms with Gasteiger partial charge in [0.25, 0.3) is 0 Å². The van der Waals surface area contributed by atoms with Crippen LogP contribution in [0.1, 0.15) is 11.3 Å². The Bertz CT molecular complexity index is 986. The average molecular weight is 410 g/mol. The van der Waals surface area contributed by atoms with E-state index in [2.05, 4.69) is 15.6 Å². The van der Waals surface area contributed by atoms with Crippen molar-refractivity contribution in [3.8, 4) is 11.5 Å². The number of benzene rings is 2. The molecule has 0 unspecified atom stereocenters. The van der Waals surface area contributed by atoms with Crippen LogP contribution in [0, 0.1) is 6.92 Å². The monoisotopic (exact) mass is 410 g/mol. The molecule has 7 nitrogen and oxygen atoms in total. The first kappa shape index (κ1) is 20.5. The number of oxazole rings is 1. The summed E-state index contributed by atoms with van der Waals surface area (Å²) >= 11 is 1.28. The van der Waals surface area contributed by atoms with Gasteiger partial charge in [0.1, 0.15) is 6.26 Å². The van der Waals surface area contributed by atoms with E-state index >= 15 is 0 Å². The van der Waals surface area contributed by atoms with E-state index < -0.39 is 5.91 Å². The molecule has 0 aliphatic rings. The molecule has 0 saturated carbocycles. The molecule has 0 bridgehead atoms. The Morgan fingerprint density at radius 1 is 1.14 bits per heavy atom. The molecule has 1 heterocycles. The highest BCUT2D eigenvalue weighted by molar-refractivity contribution is 8.00. The lowest BCUT2D eigenvalue weighted by Crippen LogP contribution is -2.30. The van der Waals surface area contributed by atoms with Crippen molar-refractivity contribution in [3.63, 3.8) is 0 Å². The number of aryl methyl sites for hydroxylation is 1. The van der Waals surface area contributed by atoms with E-state index in [9.17, 15) is 9.59 Å². The number of thioether (sulfide) groups is 1. The largest absolute Gasteiger partial charge is 0.444 e. The molecule has 8 heteroatoms. The molecule has 0 fully saturated rings. The molecule has 0 spiro atoms. The number of hydrogen-bond acceptors (Lipinski definition) is 5. The van der Waals surface area contributed by atoms with Crippen molar-refractivity contribution >= 4 is 29.4 Å². The lowest BCUT2D eigenvalue weighted by Gasteiger charge is -2.10. The third kappa shape index (κ3) is 6.11. The summed E-state index contributed by atoms with van der Waals surface area (Å²) in [6.07, 6.45) is 2.14. The van der Waals surface area contributed by atoms with Gasteiger partial charge < -0.3 is 20.8 Å². The van der Waals surface area contributed by atoms with Gasteiger partial charge in [-0.3, -0.25) is 4.79 Å². The maximum atomic E-state index is 12.2. The van der Waals surface area contributed by atoms with Gasteiger partial charge in [0.2, 0.25) is 11.8 Å². The van der Waals surface area contributed by atoms with Crippen LogP contribution in [0.25, 0.3) is 11.5 Å². The van der Waals surface area contributed by atoms with Crippen LogP contribution in [0.2, 0.25) is 0 Å². The minimum atomic E-state index is -0.410. The number of nitrogens with zero attached hydrogens (tertiary/aromatic N) is 1. The highest BCUT2D eigenvalue weighted by Crippen LogP contribution is 2.26. The molecule has 0 atom stereocenters. The van der Waals surface area contributed by atoms with Crippen LogP contribution < -0.4 is 16.4 Å². The summed E-state index contributed by atoms with van der Waals surface area (Å²) in [5.41, 5.74) is 8.66. The van der Waals surface area contributed by atoms with Crippen molar-refractivity contribution in [2.45, 2.75) is 18.2 Å². The van der Waals surface area contributed by atoms with E-state index in [0.717, 1.165) is 16.2 Å². The SMILES string of the molecule is Cc1ccc(-c2nc(CCNC(=O)Nc3ccccc3SCC(N)=O)co2)cc1. The van der Waals surface area contributed by atoms with E-state index in [4.69, 9.17) is 10.2 Å². The number of aromatic nitrogens is 1. The first-order valence-corrected chi connectivity index (χ1v) is 10.1. The van der Waals surface area contributed by atoms with Gasteiger partial charge in [-0.1, -0.05) is 29.8 Å². The van der Waals surface area contributed by atoms with Gasteiger partial charge in [-0.25, -0.2) is 9.78 Å². The van der Waals surface area contributed by atoms with Crippen molar-refractivity contribution in [1.29, 1.82) is 0 Å². The number of amides is 3. The molecule has 0 radical (unpaired) electrons. The summed E-state index contributed by atoms with van der Waals surface area (Å²) in [5.74, 6) is 0.298. The smallest absolute Gasteiger partial charge is 0.319 e. The van der Waals surface area contributed by atoms with Gasteiger partial charge in [0, 0.05) is 23.4 Å². The Hall–Kier alpha value is -3.26. The lowest BCUT2D eigenvalue weighted by molar-refractivity contribution is -0.115. The summed E-state index contributed by atoms with van der Waals surface area (Å²) in [7, 11) is 0. The third-order valence-corrected chi connectivity index (χ3v) is 5.12. The molecule has 0 aliphatic carbocycles. The fourth-order valence-corrected chi connectivity index (χ4v) is 3.31. The van der Waals surface area contributed by atoms with Crippen LogP contribution in [0.15, 0.2) is 64.1 Å². The van der Waals surface area contributed by atoms with Crippen molar-refractivity contribution in [2.75, 3.05) is 17.6 Å². The third-order valence-electron chi connectivity index (χ3n) is 4.02. The molecule has 2 aromatic carbocycles. The van der Waals surface area contributed by atoms with Crippen molar-refractivity contribution < 1.29 is 14.0 Å². The number of para-hydroxylation sites is 1. The predicted octanol–water partition coefficient (Wildman–Crippen LogP) is 3.59. The molecule has 0 saturated heterocycles. The minimum absolute atomic E-state index is 0.149. The second-order valence-electron chi connectivity index (χ2n) is 6.39. The summed E-state index contributed by atoms with van der Waals surface area (Å²) in [6, 6.07) is 14.8. The highest BCUT2D eigenvalue weighted by Gasteiger charge is 2.09. The van der Waals surface area contributed by atoms with Crippen LogP contribution in [0.4, 0.5) is 10.5 Å². The van der Waals surface area contributed by atoms with Crippen LogP contribution in [-0.4, -0.2) is 29.2 Å². The molecule has 1 aromatic heterocycles. The number of primary amides is 1. The molecular weight excluding hydrogens is 388 g/mol. The second-order valence-corrected chi connectivity index (χ2v) is 7.41. The number of nitrogens with two attached hydrogens (primary N) is 1. The number of rotatable bonds is 8. The van der Waals surface area contributed by atoms with Crippen molar-refractivity contribution in [1.82, 2.24) is 10.3 Å². The zero-order chi connectivity index (χ0) is 20.6. The standard InChI is InChI=1S/C21H22N4O3S/c1-14-6-8-15(9-7-14)20-24-16(12-28-20)10-11-23-21(27)25-17-4-2-3-5-18(17)29-13-19(22)26/h2-9,12H,10-11,13H2,1H3,(H2,22,26)(H2,23,25,27). The molecule has 3 rings (SSSR count). The van der Waals surface area contributed by atoms with E-state index in [-0.39, 0.29) is 11.8 Å². The number of carbonyl (C=O) groups is 2. The Balaban J connectivity index is 1.49. The number of anilines is 1. The summed E-state index contributed by atoms with van der Waals surface area (Å²) in [5, 5.41) is 5.59. The number of carbonyl (C=O) groups excluding carboxylic acids is 2. The zero-order valence-electron chi connectivity index (χ0n) is 16.0. The maximum absolute atomic E-state index is 12.2. The van der Waals surface area contributed by atoms with Gasteiger partial charge in [0.05, 0.1) is 17.1 Å². The van der Waals surface area contributed by atoms with E-state index in [1.165, 1.54) is 17.3 Å². The van der Waals surface area contributed by atoms with Gasteiger partial charge in [-0.15, -0.1) is 11.8 Å². The van der Waals surface area contributed by atoms with Gasteiger partial charge >= 0.3 is 6.03 Å². The fraction of sp³-hybridized carbons (Fsp3) is 0.190. The zero-order valence-corrected chi connectivity index (χ0v) is 16.8. The van der Waals surface area contributed by atoms with Crippen molar-refractivity contribution in [2.24, 2.45) is 5.73 Å². The Kier molecular flexibility index (Phi) is 6.91. The van der Waals surface area contributed by atoms with E-state index in [1.54, 1.807) is 12.3 Å². The van der Waals surface area contributed by atoms with E-state index in [1.807, 2.05) is 49.4 Å². The van der Waals surface area contributed by atoms with Gasteiger partial charge in [0.15, 0.2) is 0 Å². The topological polar surface area (TPSA) is 110 Å². The van der Waals surface area contributed by atoms with Crippen LogP contribution in [-0.2, 0) is 11.2 Å². The average Bonchev–Trinajstić information content (AvgIpc) is 3.16. The molecule has 3 aromatic rings. The van der Waals surface area contributed by atoms with Crippen LogP contribution in [0.3, 0.4) is 0 Å². The van der Waals surface area contributed by atoms with Crippen molar-refractivity contribution in [3.05, 3.63) is 66.1 Å². The number of nitrogens with one attached hydrogen (secondary N) is 2. The second kappa shape index (κ2) is 9.79. The first-order chi connectivity index (χ1) is 14.0. The minimum Gasteiger partial charge on any atom is -0.444 e. The maximum Gasteiger partial charge on any atom is 0.319 e. The molecule has 0 aliphatic heterocycles. The van der Waals surface area contributed by atoms with E-state index in [0.29, 0.717) is 24.5 Å². The fourth-order valence-electron chi connectivity index (χ4n) is 2.57. The Morgan fingerprint density at radius 2 is 1.90 bits per heavy atom. The molecular formula is C21H22N4O3S. The van der Waals surface area contributed by atoms with Crippen LogP contribution >= 0.6 is 11.8 Å². The predicted molar refractivity (Wildman–Crippen MR) is 114 cm³/mol. The molecule has 3 amide bonds. The number of urea groups is 1. The van der Waals surface area contributed by atoms with Gasteiger partial charge in [-0.2, -0.15) is 0 Å². The molecule has 150 valence electrons. The Morgan fingerprint density at radius 3 is 2.66 bits per heavy atom. The highest BCUT2D eigenvalue weighted by atomic mass is 32.2. The summed E-state index contributed by atoms with van der Waals surface area (Å²) < 4.78 is 5.53. The molecule has 4 N–H and O–H groups in total.